The van der Waals surface area contributed by atoms with Crippen molar-refractivity contribution in [3.05, 3.63) is 0 Å². The summed E-state index contributed by atoms with van der Waals surface area (Å²) in [6, 6.07) is 0. The van der Waals surface area contributed by atoms with E-state index in [1.54, 1.807) is 0 Å². The third-order valence-corrected chi connectivity index (χ3v) is 8.36. The average Bonchev–Trinajstić information content (AvgIpc) is 2.54. The van der Waals surface area contributed by atoms with Crippen LogP contribution < -0.4 is 0 Å². The van der Waals surface area contributed by atoms with Crippen LogP contribution >= 0.6 is 0 Å². The van der Waals surface area contributed by atoms with Gasteiger partial charge in [-0.3, -0.25) is 4.79 Å². The third kappa shape index (κ3) is 4.62. The Bertz CT molecular complexity index is 550. The van der Waals surface area contributed by atoms with Crippen LogP contribution in [0, 0.1) is 39.9 Å². The summed E-state index contributed by atoms with van der Waals surface area (Å²) in [6.07, 6.45) is 8.28. The molecule has 2 saturated carbocycles. The monoisotopic (exact) mass is 392 g/mol. The van der Waals surface area contributed by atoms with Gasteiger partial charge in [-0.2, -0.15) is 0 Å². The zero-order chi connectivity index (χ0) is 21.5. The number of carbonyl (C=O) groups excluding carboxylic acids is 1. The minimum absolute atomic E-state index is 0.0423. The summed E-state index contributed by atoms with van der Waals surface area (Å²) in [5, 5.41) is 0. The number of ether oxygens (including phenoxy) is 1. The highest BCUT2D eigenvalue weighted by atomic mass is 16.6. The topological polar surface area (TPSA) is 26.3 Å². The molecule has 2 heteroatoms. The van der Waals surface area contributed by atoms with E-state index in [9.17, 15) is 4.79 Å². The first-order valence-corrected chi connectivity index (χ1v) is 11.9. The summed E-state index contributed by atoms with van der Waals surface area (Å²) < 4.78 is 6.72. The number of fused-ring (bicyclic) bond motifs is 2. The Balaban J connectivity index is 2.35. The van der Waals surface area contributed by atoms with Crippen molar-refractivity contribution in [1.82, 2.24) is 0 Å². The molecule has 0 saturated heterocycles. The van der Waals surface area contributed by atoms with Gasteiger partial charge >= 0.3 is 5.97 Å². The molecule has 0 aromatic carbocycles. The minimum atomic E-state index is -0.483. The van der Waals surface area contributed by atoms with Gasteiger partial charge in [0.1, 0.15) is 5.60 Å². The first-order chi connectivity index (χ1) is 12.6. The van der Waals surface area contributed by atoms with E-state index in [2.05, 4.69) is 69.2 Å². The predicted molar refractivity (Wildman–Crippen MR) is 119 cm³/mol. The molecule has 0 aromatic heterocycles. The molecule has 0 heterocycles. The van der Waals surface area contributed by atoms with Crippen molar-refractivity contribution in [2.45, 2.75) is 120 Å². The van der Waals surface area contributed by atoms with E-state index >= 15 is 0 Å². The lowest BCUT2D eigenvalue weighted by Crippen LogP contribution is -2.56. The SMILES string of the molecule is CCC1CC2CCC(OC(=O)C(C)(CC(C)(C)C)C(C)(C)C)(C(C)C)C(C1)C2. The van der Waals surface area contributed by atoms with Gasteiger partial charge in [0, 0.05) is 0 Å². The van der Waals surface area contributed by atoms with Crippen LogP contribution in [0.3, 0.4) is 0 Å². The maximum Gasteiger partial charge on any atom is 0.312 e. The van der Waals surface area contributed by atoms with Gasteiger partial charge in [0.25, 0.3) is 0 Å². The van der Waals surface area contributed by atoms with Gasteiger partial charge in [0.05, 0.1) is 5.41 Å². The lowest BCUT2D eigenvalue weighted by atomic mass is 9.57. The van der Waals surface area contributed by atoms with Crippen LogP contribution in [-0.2, 0) is 9.53 Å². The molecular formula is C26H48O2. The Morgan fingerprint density at radius 2 is 1.64 bits per heavy atom. The van der Waals surface area contributed by atoms with Crippen molar-refractivity contribution in [1.29, 1.82) is 0 Å². The van der Waals surface area contributed by atoms with E-state index in [0.29, 0.717) is 11.8 Å². The molecule has 5 atom stereocenters. The number of rotatable bonds is 5. The van der Waals surface area contributed by atoms with Crippen LogP contribution in [0.2, 0.25) is 0 Å². The van der Waals surface area contributed by atoms with Crippen molar-refractivity contribution < 1.29 is 9.53 Å². The normalized spacial score (nSPS) is 33.5. The Kier molecular flexibility index (Phi) is 6.74. The largest absolute Gasteiger partial charge is 0.458 e. The highest BCUT2D eigenvalue weighted by Crippen LogP contribution is 2.55. The molecule has 2 fully saturated rings. The van der Waals surface area contributed by atoms with E-state index in [0.717, 1.165) is 24.7 Å². The van der Waals surface area contributed by atoms with Gasteiger partial charge in [0.2, 0.25) is 0 Å². The molecule has 2 nitrogen and oxygen atoms in total. The average molecular weight is 393 g/mol. The Morgan fingerprint density at radius 1 is 1.04 bits per heavy atom. The molecule has 0 radical (unpaired) electrons. The zero-order valence-corrected chi connectivity index (χ0v) is 20.6. The van der Waals surface area contributed by atoms with Gasteiger partial charge in [-0.1, -0.05) is 68.7 Å². The number of hydrogen-bond acceptors (Lipinski definition) is 2. The van der Waals surface area contributed by atoms with E-state index in [1.807, 2.05) is 0 Å². The molecule has 28 heavy (non-hydrogen) atoms. The quantitative estimate of drug-likeness (QED) is 0.449. The number of hydrogen-bond donors (Lipinski definition) is 0. The summed E-state index contributed by atoms with van der Waals surface area (Å²) in [6.45, 7) is 22.3. The number of esters is 1. The van der Waals surface area contributed by atoms with Gasteiger partial charge in [-0.25, -0.2) is 0 Å². The van der Waals surface area contributed by atoms with Gasteiger partial charge in [-0.05, 0) is 80.0 Å². The highest BCUT2D eigenvalue weighted by molar-refractivity contribution is 5.78. The molecule has 164 valence electrons. The van der Waals surface area contributed by atoms with E-state index < -0.39 is 5.41 Å². The minimum Gasteiger partial charge on any atom is -0.458 e. The number of carbonyl (C=O) groups is 1. The first-order valence-electron chi connectivity index (χ1n) is 11.9. The van der Waals surface area contributed by atoms with Crippen molar-refractivity contribution >= 4 is 5.97 Å². The maximum atomic E-state index is 13.9. The second-order valence-corrected chi connectivity index (χ2v) is 12.9. The predicted octanol–water partition coefficient (Wildman–Crippen LogP) is 7.65. The van der Waals surface area contributed by atoms with Crippen molar-refractivity contribution in [2.75, 3.05) is 0 Å². The maximum absolute atomic E-state index is 13.9. The highest BCUT2D eigenvalue weighted by Gasteiger charge is 2.55. The molecule has 0 aliphatic heterocycles. The molecule has 5 unspecified atom stereocenters. The fourth-order valence-corrected chi connectivity index (χ4v) is 6.17. The zero-order valence-electron chi connectivity index (χ0n) is 20.6. The van der Waals surface area contributed by atoms with E-state index in [-0.39, 0.29) is 22.4 Å². The summed E-state index contributed by atoms with van der Waals surface area (Å²) in [5.41, 5.74) is -0.804. The molecule has 0 aromatic rings. The van der Waals surface area contributed by atoms with Crippen molar-refractivity contribution in [3.8, 4) is 0 Å². The Labute approximate surface area is 175 Å². The van der Waals surface area contributed by atoms with Gasteiger partial charge < -0.3 is 4.74 Å². The third-order valence-electron chi connectivity index (χ3n) is 8.36. The summed E-state index contributed by atoms with van der Waals surface area (Å²) in [4.78, 5) is 13.9. The van der Waals surface area contributed by atoms with Crippen LogP contribution in [-0.4, -0.2) is 11.6 Å². The molecule has 2 rings (SSSR count). The molecule has 0 amide bonds. The van der Waals surface area contributed by atoms with Crippen molar-refractivity contribution in [3.63, 3.8) is 0 Å². The molecule has 2 bridgehead atoms. The smallest absolute Gasteiger partial charge is 0.312 e. The fourth-order valence-electron chi connectivity index (χ4n) is 6.17. The van der Waals surface area contributed by atoms with Crippen molar-refractivity contribution in [2.24, 2.45) is 39.9 Å². The van der Waals surface area contributed by atoms with Gasteiger partial charge in [-0.15, -0.1) is 0 Å². The molecule has 2 aliphatic carbocycles. The van der Waals surface area contributed by atoms with E-state index in [4.69, 9.17) is 4.74 Å². The van der Waals surface area contributed by atoms with Crippen LogP contribution in [0.25, 0.3) is 0 Å². The molecular weight excluding hydrogens is 344 g/mol. The lowest BCUT2D eigenvalue weighted by Gasteiger charge is -2.54. The fraction of sp³-hybridized carbons (Fsp3) is 0.962. The van der Waals surface area contributed by atoms with Crippen LogP contribution in [0.1, 0.15) is 114 Å². The Morgan fingerprint density at radius 3 is 2.11 bits per heavy atom. The summed E-state index contributed by atoms with van der Waals surface area (Å²) >= 11 is 0. The molecule has 0 N–H and O–H groups in total. The van der Waals surface area contributed by atoms with E-state index in [1.165, 1.54) is 32.1 Å². The van der Waals surface area contributed by atoms with Crippen LogP contribution in [0.5, 0.6) is 0 Å². The second-order valence-electron chi connectivity index (χ2n) is 12.9. The second kappa shape index (κ2) is 7.95. The first kappa shape index (κ1) is 23.7. The summed E-state index contributed by atoms with van der Waals surface area (Å²) in [5.74, 6) is 2.60. The lowest BCUT2D eigenvalue weighted by molar-refractivity contribution is -0.206. The molecule has 2 aliphatic rings. The van der Waals surface area contributed by atoms with Crippen LogP contribution in [0.4, 0.5) is 0 Å². The standard InChI is InChI=1S/C26H48O2/c1-11-19-14-20-12-13-26(18(2)3,21(15-19)16-20)28-22(27)25(10,24(7,8)9)17-23(4,5)6/h18-21H,11-17H2,1-10H3. The van der Waals surface area contributed by atoms with Crippen LogP contribution in [0.15, 0.2) is 0 Å². The molecule has 0 spiro atoms. The summed E-state index contributed by atoms with van der Waals surface area (Å²) in [7, 11) is 0. The van der Waals surface area contributed by atoms with Gasteiger partial charge in [0.15, 0.2) is 0 Å². The Hall–Kier alpha value is -0.530.